The molecule has 2 N–H and O–H groups in total. The molecule has 1 fully saturated rings. The van der Waals surface area contributed by atoms with Gasteiger partial charge in [0.1, 0.15) is 5.76 Å². The van der Waals surface area contributed by atoms with E-state index in [-0.39, 0.29) is 5.41 Å². The maximum absolute atomic E-state index is 9.52. The molecule has 0 aromatic carbocycles. The van der Waals surface area contributed by atoms with E-state index in [9.17, 15) is 5.11 Å². The van der Waals surface area contributed by atoms with Crippen molar-refractivity contribution in [3.63, 3.8) is 0 Å². The van der Waals surface area contributed by atoms with Crippen LogP contribution in [0.4, 0.5) is 0 Å². The van der Waals surface area contributed by atoms with Crippen LogP contribution in [0.25, 0.3) is 0 Å². The molecule has 0 amide bonds. The van der Waals surface area contributed by atoms with Crippen molar-refractivity contribution in [2.75, 3.05) is 6.54 Å². The van der Waals surface area contributed by atoms with E-state index in [1.807, 2.05) is 20.8 Å². The summed E-state index contributed by atoms with van der Waals surface area (Å²) < 4.78 is 0. The number of hydrogen-bond acceptors (Lipinski definition) is 2. The van der Waals surface area contributed by atoms with E-state index in [4.69, 9.17) is 0 Å². The topological polar surface area (TPSA) is 32.3 Å². The summed E-state index contributed by atoms with van der Waals surface area (Å²) in [6, 6.07) is 0. The summed E-state index contributed by atoms with van der Waals surface area (Å²) in [5, 5.41) is 12.6. The molecule has 0 radical (unpaired) electrons. The van der Waals surface area contributed by atoms with Crippen LogP contribution in [0.5, 0.6) is 0 Å². The number of aliphatic hydroxyl groups excluding tert-OH is 1. The summed E-state index contributed by atoms with van der Waals surface area (Å²) in [5.41, 5.74) is 0.926. The minimum Gasteiger partial charge on any atom is -0.510 e. The standard InChI is InChI=1S/C8H15NO/c1-8(2,3)7(10)6-4-5-9-6/h9-10H,4-5H2,1-3H3/b7-6+. The van der Waals surface area contributed by atoms with Crippen molar-refractivity contribution in [2.24, 2.45) is 5.41 Å². The van der Waals surface area contributed by atoms with Crippen molar-refractivity contribution in [3.8, 4) is 0 Å². The van der Waals surface area contributed by atoms with Crippen molar-refractivity contribution < 1.29 is 5.11 Å². The van der Waals surface area contributed by atoms with Crippen LogP contribution in [0.15, 0.2) is 11.5 Å². The second-order valence-electron chi connectivity index (χ2n) is 3.75. The Hall–Kier alpha value is -0.660. The summed E-state index contributed by atoms with van der Waals surface area (Å²) in [7, 11) is 0. The highest BCUT2D eigenvalue weighted by molar-refractivity contribution is 5.16. The van der Waals surface area contributed by atoms with Crippen molar-refractivity contribution in [1.29, 1.82) is 0 Å². The average Bonchev–Trinajstić information content (AvgIpc) is 1.57. The minimum absolute atomic E-state index is 0.0945. The first-order valence-corrected chi connectivity index (χ1v) is 3.68. The van der Waals surface area contributed by atoms with E-state index in [1.165, 1.54) is 0 Å². The molecule has 0 saturated carbocycles. The van der Waals surface area contributed by atoms with Crippen LogP contribution in [0.3, 0.4) is 0 Å². The van der Waals surface area contributed by atoms with Crippen LogP contribution in [0.1, 0.15) is 27.2 Å². The van der Waals surface area contributed by atoms with Gasteiger partial charge in [-0.15, -0.1) is 0 Å². The lowest BCUT2D eigenvalue weighted by Crippen LogP contribution is -2.32. The lowest BCUT2D eigenvalue weighted by Gasteiger charge is -2.27. The van der Waals surface area contributed by atoms with Gasteiger partial charge in [0, 0.05) is 18.4 Å². The van der Waals surface area contributed by atoms with Gasteiger partial charge in [0.2, 0.25) is 0 Å². The summed E-state index contributed by atoms with van der Waals surface area (Å²) in [6.07, 6.45) is 1.00. The third-order valence-corrected chi connectivity index (χ3v) is 1.71. The van der Waals surface area contributed by atoms with Crippen LogP contribution in [0, 0.1) is 5.41 Å². The molecule has 0 aliphatic carbocycles. The summed E-state index contributed by atoms with van der Waals surface area (Å²) >= 11 is 0. The zero-order valence-electron chi connectivity index (χ0n) is 6.86. The van der Waals surface area contributed by atoms with E-state index >= 15 is 0 Å². The number of allylic oxidation sites excluding steroid dienone is 1. The highest BCUT2D eigenvalue weighted by Gasteiger charge is 2.23. The zero-order chi connectivity index (χ0) is 7.78. The lowest BCUT2D eigenvalue weighted by molar-refractivity contribution is 0.258. The third kappa shape index (κ3) is 1.25. The molecule has 0 unspecified atom stereocenters. The Morgan fingerprint density at radius 2 is 2.00 bits per heavy atom. The normalized spacial score (nSPS) is 23.1. The zero-order valence-corrected chi connectivity index (χ0v) is 6.86. The van der Waals surface area contributed by atoms with Gasteiger partial charge in [0.15, 0.2) is 0 Å². The Labute approximate surface area is 61.9 Å². The number of hydrogen-bond donors (Lipinski definition) is 2. The average molecular weight is 141 g/mol. The summed E-state index contributed by atoms with van der Waals surface area (Å²) in [6.45, 7) is 7.04. The molecule has 0 aromatic heterocycles. The van der Waals surface area contributed by atoms with Gasteiger partial charge in [-0.25, -0.2) is 0 Å². The van der Waals surface area contributed by atoms with Crippen LogP contribution in [-0.2, 0) is 0 Å². The highest BCUT2D eigenvalue weighted by Crippen LogP contribution is 2.27. The van der Waals surface area contributed by atoms with E-state index in [2.05, 4.69) is 5.32 Å². The Kier molecular flexibility index (Phi) is 1.63. The molecule has 1 aliphatic heterocycles. The van der Waals surface area contributed by atoms with Gasteiger partial charge in [-0.1, -0.05) is 20.8 Å². The highest BCUT2D eigenvalue weighted by atomic mass is 16.3. The molecule has 1 saturated heterocycles. The molecule has 2 nitrogen and oxygen atoms in total. The van der Waals surface area contributed by atoms with Crippen LogP contribution in [0.2, 0.25) is 0 Å². The van der Waals surface area contributed by atoms with Gasteiger partial charge in [0.25, 0.3) is 0 Å². The van der Waals surface area contributed by atoms with Crippen molar-refractivity contribution in [3.05, 3.63) is 11.5 Å². The fourth-order valence-electron chi connectivity index (χ4n) is 0.905. The Morgan fingerprint density at radius 3 is 2.10 bits per heavy atom. The van der Waals surface area contributed by atoms with Gasteiger partial charge in [-0.2, -0.15) is 0 Å². The Balaban J connectivity index is 2.71. The molecular formula is C8H15NO. The number of aliphatic hydroxyl groups is 1. The smallest absolute Gasteiger partial charge is 0.116 e. The monoisotopic (exact) mass is 141 g/mol. The van der Waals surface area contributed by atoms with Crippen LogP contribution >= 0.6 is 0 Å². The molecule has 1 heterocycles. The summed E-state index contributed by atoms with van der Waals surface area (Å²) in [5.74, 6) is 0.513. The van der Waals surface area contributed by atoms with Crippen molar-refractivity contribution in [1.82, 2.24) is 5.32 Å². The predicted molar refractivity (Wildman–Crippen MR) is 41.7 cm³/mol. The maximum Gasteiger partial charge on any atom is 0.116 e. The van der Waals surface area contributed by atoms with Gasteiger partial charge < -0.3 is 10.4 Å². The number of nitrogens with one attached hydrogen (secondary N) is 1. The van der Waals surface area contributed by atoms with Gasteiger partial charge in [-0.05, 0) is 0 Å². The first-order chi connectivity index (χ1) is 4.52. The van der Waals surface area contributed by atoms with Gasteiger partial charge >= 0.3 is 0 Å². The fraction of sp³-hybridized carbons (Fsp3) is 0.750. The molecule has 2 heteroatoms. The first-order valence-electron chi connectivity index (χ1n) is 3.68. The predicted octanol–water partition coefficient (Wildman–Crippen LogP) is 1.80. The van der Waals surface area contributed by atoms with Crippen molar-refractivity contribution in [2.45, 2.75) is 27.2 Å². The minimum atomic E-state index is -0.0945. The largest absolute Gasteiger partial charge is 0.510 e. The molecule has 1 aliphatic rings. The van der Waals surface area contributed by atoms with Crippen LogP contribution in [-0.4, -0.2) is 11.7 Å². The molecule has 0 spiro atoms. The quantitative estimate of drug-likeness (QED) is 0.504. The summed E-state index contributed by atoms with van der Waals surface area (Å²) in [4.78, 5) is 0. The Morgan fingerprint density at radius 1 is 1.50 bits per heavy atom. The second-order valence-corrected chi connectivity index (χ2v) is 3.75. The second kappa shape index (κ2) is 2.19. The SMILES string of the molecule is CC(C)(C)/C(O)=C1/CCN1. The molecule has 1 rings (SSSR count). The van der Waals surface area contributed by atoms with Gasteiger partial charge in [0.05, 0.1) is 5.70 Å². The van der Waals surface area contributed by atoms with E-state index in [0.717, 1.165) is 18.7 Å². The Bertz CT molecular complexity index is 159. The molecule has 0 atom stereocenters. The molecule has 0 aromatic rings. The lowest BCUT2D eigenvalue weighted by atomic mass is 9.90. The molecule has 10 heavy (non-hydrogen) atoms. The third-order valence-electron chi connectivity index (χ3n) is 1.71. The van der Waals surface area contributed by atoms with Gasteiger partial charge in [-0.3, -0.25) is 0 Å². The van der Waals surface area contributed by atoms with E-state index < -0.39 is 0 Å². The van der Waals surface area contributed by atoms with Crippen LogP contribution < -0.4 is 5.32 Å². The molecule has 58 valence electrons. The molecular weight excluding hydrogens is 126 g/mol. The maximum atomic E-state index is 9.52. The molecule has 0 bridgehead atoms. The number of rotatable bonds is 0. The van der Waals surface area contributed by atoms with E-state index in [1.54, 1.807) is 0 Å². The fourth-order valence-corrected chi connectivity index (χ4v) is 0.905. The first kappa shape index (κ1) is 7.45. The van der Waals surface area contributed by atoms with E-state index in [0.29, 0.717) is 5.76 Å². The van der Waals surface area contributed by atoms with Crippen molar-refractivity contribution >= 4 is 0 Å².